The second-order valence-electron chi connectivity index (χ2n) is 10.1. The Kier molecular flexibility index (Phi) is 23.3. The summed E-state index contributed by atoms with van der Waals surface area (Å²) in [7, 11) is 3.93. The number of rotatable bonds is 12. The molecule has 0 heterocycles. The Labute approximate surface area is 254 Å². The normalized spacial score (nSPS) is 14.2. The molecule has 0 saturated carbocycles. The van der Waals surface area contributed by atoms with Crippen molar-refractivity contribution in [2.75, 3.05) is 14.1 Å². The fourth-order valence-electron chi connectivity index (χ4n) is 4.00. The van der Waals surface area contributed by atoms with Gasteiger partial charge < -0.3 is 9.64 Å². The maximum atomic E-state index is 12.5. The zero-order valence-corrected chi connectivity index (χ0v) is 28.1. The summed E-state index contributed by atoms with van der Waals surface area (Å²) in [5, 5.41) is 0. The molecule has 0 saturated heterocycles. The Hall–Kier alpha value is -2.83. The van der Waals surface area contributed by atoms with Crippen molar-refractivity contribution in [3.05, 3.63) is 58.9 Å². The van der Waals surface area contributed by atoms with Crippen molar-refractivity contribution >= 4 is 17.6 Å². The topological polar surface area (TPSA) is 41.9 Å². The lowest BCUT2D eigenvalue weighted by molar-refractivity contribution is -0.274. The number of aldehydes is 1. The quantitative estimate of drug-likeness (QED) is 0.137. The number of benzene rings is 1. The molecule has 1 aliphatic rings. The average Bonchev–Trinajstić information content (AvgIpc) is 2.91. The van der Waals surface area contributed by atoms with Gasteiger partial charge in [-0.05, 0) is 86.3 Å². The number of hydrogen-bond acceptors (Lipinski definition) is 4. The zero-order chi connectivity index (χ0) is 32.7. The lowest BCUT2D eigenvalue weighted by atomic mass is 9.94. The van der Waals surface area contributed by atoms with Crippen LogP contribution in [0.2, 0.25) is 0 Å². The molecule has 240 valence electrons. The number of ether oxygens (including phenoxy) is 1. The maximum Gasteiger partial charge on any atom is 0.573 e. The number of alkyl halides is 3. The molecule has 1 unspecified atom stereocenters. The molecule has 1 aromatic carbocycles. The molecule has 0 amide bonds. The molecule has 0 aromatic heterocycles. The fraction of sp³-hybridized carbons (Fsp3) is 0.600. The molecule has 42 heavy (non-hydrogen) atoms. The molecule has 0 bridgehead atoms. The molecule has 0 fully saturated rings. The van der Waals surface area contributed by atoms with Crippen LogP contribution < -0.4 is 4.74 Å². The minimum atomic E-state index is -4.70. The molecule has 2 rings (SSSR count). The summed E-state index contributed by atoms with van der Waals surface area (Å²) in [4.78, 5) is 16.7. The second-order valence-corrected chi connectivity index (χ2v) is 10.1. The number of carbonyl (C=O) groups excluding carboxylic acids is 1. The summed E-state index contributed by atoms with van der Waals surface area (Å²) in [5.74, 6) is 1.08. The molecule has 0 aliphatic heterocycles. The Morgan fingerprint density at radius 1 is 1.05 bits per heavy atom. The molecule has 0 N–H and O–H groups in total. The van der Waals surface area contributed by atoms with E-state index in [2.05, 4.69) is 45.4 Å². The first kappa shape index (κ1) is 41.3. The first-order valence-corrected chi connectivity index (χ1v) is 15.5. The standard InChI is InChI=1S/C25H37F3N2O.C5H6O.C3H8.C2H6/c1-8-11-13-20(10-3)19(5)29-24(30(6)7)18(4)23(12-9-2)21-14-16-22(17-15-21)31-25(26,27)28;6-4-5-2-1-3-5;1-3-2;1-2/h12,14-17,20H,8-11,13H2,1-7H3;2,4H,1,3H2;3H2,1-2H3;1-2H3/b23-12-,24-18+,29-19+;;;. The van der Waals surface area contributed by atoms with Crippen LogP contribution in [0.15, 0.2) is 58.4 Å². The highest BCUT2D eigenvalue weighted by atomic mass is 19.4. The van der Waals surface area contributed by atoms with E-state index in [1.807, 2.05) is 52.8 Å². The lowest BCUT2D eigenvalue weighted by Crippen LogP contribution is -2.17. The lowest BCUT2D eigenvalue weighted by Gasteiger charge is -2.22. The predicted octanol–water partition coefficient (Wildman–Crippen LogP) is 11.2. The average molecular weight is 595 g/mol. The highest BCUT2D eigenvalue weighted by molar-refractivity contribution is 5.86. The molecule has 4 nitrogen and oxygen atoms in total. The summed E-state index contributed by atoms with van der Waals surface area (Å²) in [6.07, 6.45) is 8.93. The summed E-state index contributed by atoms with van der Waals surface area (Å²) < 4.78 is 41.4. The van der Waals surface area contributed by atoms with Crippen molar-refractivity contribution < 1.29 is 22.7 Å². The van der Waals surface area contributed by atoms with E-state index in [1.54, 1.807) is 12.1 Å². The van der Waals surface area contributed by atoms with Gasteiger partial charge in [0.25, 0.3) is 0 Å². The van der Waals surface area contributed by atoms with Crippen LogP contribution >= 0.6 is 0 Å². The highest BCUT2D eigenvalue weighted by Gasteiger charge is 2.31. The molecule has 0 spiro atoms. The Balaban J connectivity index is 0. The van der Waals surface area contributed by atoms with Gasteiger partial charge in [0, 0.05) is 19.8 Å². The van der Waals surface area contributed by atoms with Crippen LogP contribution in [0.5, 0.6) is 5.75 Å². The third kappa shape index (κ3) is 17.2. The van der Waals surface area contributed by atoms with Gasteiger partial charge in [-0.3, -0.25) is 4.79 Å². The van der Waals surface area contributed by atoms with E-state index in [-0.39, 0.29) is 5.75 Å². The van der Waals surface area contributed by atoms with Gasteiger partial charge in [0.2, 0.25) is 0 Å². The number of hydrogen-bond donors (Lipinski definition) is 0. The number of carbonyl (C=O) groups is 1. The first-order chi connectivity index (χ1) is 19.9. The van der Waals surface area contributed by atoms with Crippen molar-refractivity contribution in [1.29, 1.82) is 0 Å². The summed E-state index contributed by atoms with van der Waals surface area (Å²) in [6.45, 7) is 18.8. The van der Waals surface area contributed by atoms with Gasteiger partial charge in [-0.25, -0.2) is 4.99 Å². The molecule has 1 aromatic rings. The van der Waals surface area contributed by atoms with E-state index in [0.29, 0.717) is 5.92 Å². The predicted molar refractivity (Wildman–Crippen MR) is 175 cm³/mol. The third-order valence-corrected chi connectivity index (χ3v) is 6.23. The highest BCUT2D eigenvalue weighted by Crippen LogP contribution is 2.31. The molecular weight excluding hydrogens is 537 g/mol. The molecule has 0 radical (unpaired) electrons. The van der Waals surface area contributed by atoms with E-state index in [9.17, 15) is 18.0 Å². The van der Waals surface area contributed by atoms with Crippen molar-refractivity contribution in [3.63, 3.8) is 0 Å². The van der Waals surface area contributed by atoms with Crippen molar-refractivity contribution in [2.45, 2.75) is 120 Å². The van der Waals surface area contributed by atoms with Gasteiger partial charge in [-0.15, -0.1) is 13.2 Å². The zero-order valence-electron chi connectivity index (χ0n) is 28.1. The van der Waals surface area contributed by atoms with Crippen LogP contribution in [-0.4, -0.2) is 37.4 Å². The Bertz CT molecular complexity index is 988. The molecule has 7 heteroatoms. The smallest absolute Gasteiger partial charge is 0.406 e. The minimum absolute atomic E-state index is 0.225. The second kappa shape index (κ2) is 23.7. The van der Waals surface area contributed by atoms with Crippen molar-refractivity contribution in [2.24, 2.45) is 10.9 Å². The van der Waals surface area contributed by atoms with Crippen LogP contribution in [-0.2, 0) is 4.79 Å². The summed E-state index contributed by atoms with van der Waals surface area (Å²) >= 11 is 0. The van der Waals surface area contributed by atoms with Gasteiger partial charge in [0.05, 0.1) is 0 Å². The summed E-state index contributed by atoms with van der Waals surface area (Å²) in [5.41, 5.74) is 4.86. The number of halogens is 3. The summed E-state index contributed by atoms with van der Waals surface area (Å²) in [6, 6.07) is 6.01. The first-order valence-electron chi connectivity index (χ1n) is 15.5. The molecule has 1 aliphatic carbocycles. The Morgan fingerprint density at radius 2 is 1.60 bits per heavy atom. The van der Waals surface area contributed by atoms with E-state index in [4.69, 9.17) is 4.99 Å². The van der Waals surface area contributed by atoms with Crippen LogP contribution in [0.25, 0.3) is 5.57 Å². The van der Waals surface area contributed by atoms with Gasteiger partial charge >= 0.3 is 6.36 Å². The van der Waals surface area contributed by atoms with Gasteiger partial charge in [0.15, 0.2) is 0 Å². The number of allylic oxidation sites excluding steroid dienone is 5. The van der Waals surface area contributed by atoms with E-state index in [0.717, 1.165) is 78.6 Å². The molecule has 1 atom stereocenters. The SMILES string of the molecule is CC.CC/C=C(/C(C)=C(\N=C(/C)C(CC)CCCC)N(C)C)c1ccc(OC(F)(F)F)cc1.CCC.O=CC1=CCC1. The van der Waals surface area contributed by atoms with Crippen molar-refractivity contribution in [1.82, 2.24) is 4.90 Å². The number of unbranched alkanes of at least 4 members (excludes halogenated alkanes) is 1. The number of aliphatic imine (C=N–C) groups is 1. The van der Waals surface area contributed by atoms with Gasteiger partial charge in [0.1, 0.15) is 17.9 Å². The van der Waals surface area contributed by atoms with Crippen molar-refractivity contribution in [3.8, 4) is 5.75 Å². The van der Waals surface area contributed by atoms with E-state index < -0.39 is 6.36 Å². The maximum absolute atomic E-state index is 12.5. The molecular formula is C35H57F3N2O2. The van der Waals surface area contributed by atoms with Crippen LogP contribution in [0.1, 0.15) is 119 Å². The third-order valence-electron chi connectivity index (χ3n) is 6.23. The fourth-order valence-corrected chi connectivity index (χ4v) is 4.00. The number of nitrogens with zero attached hydrogens (tertiary/aromatic N) is 2. The van der Waals surface area contributed by atoms with Gasteiger partial charge in [-0.1, -0.05) is 92.0 Å². The van der Waals surface area contributed by atoms with Gasteiger partial charge in [-0.2, -0.15) is 0 Å². The van der Waals surface area contributed by atoms with E-state index in [1.165, 1.54) is 25.0 Å². The monoisotopic (exact) mass is 594 g/mol. The Morgan fingerprint density at radius 3 is 1.93 bits per heavy atom. The van der Waals surface area contributed by atoms with Crippen LogP contribution in [0, 0.1) is 5.92 Å². The minimum Gasteiger partial charge on any atom is -0.406 e. The largest absolute Gasteiger partial charge is 0.573 e. The van der Waals surface area contributed by atoms with E-state index >= 15 is 0 Å². The van der Waals surface area contributed by atoms with Crippen LogP contribution in [0.3, 0.4) is 0 Å². The van der Waals surface area contributed by atoms with Crippen LogP contribution in [0.4, 0.5) is 13.2 Å².